The van der Waals surface area contributed by atoms with Gasteiger partial charge in [-0.1, -0.05) is 84.4 Å². The molecule has 3 aromatic carbocycles. The molecule has 8 heteroatoms. The molecule has 1 unspecified atom stereocenters. The van der Waals surface area contributed by atoms with Gasteiger partial charge in [-0.3, -0.25) is 14.5 Å². The lowest BCUT2D eigenvalue weighted by Crippen LogP contribution is -2.47. The number of halogens is 1. The molecule has 0 aliphatic carbocycles. The van der Waals surface area contributed by atoms with Crippen molar-refractivity contribution in [3.05, 3.63) is 119 Å². The molecule has 0 radical (unpaired) electrons. The Morgan fingerprint density at radius 3 is 2.47 bits per heavy atom. The van der Waals surface area contributed by atoms with Crippen molar-refractivity contribution in [1.29, 1.82) is 0 Å². The highest BCUT2D eigenvalue weighted by Gasteiger charge is 2.44. The second kappa shape index (κ2) is 10.9. The zero-order valence-corrected chi connectivity index (χ0v) is 21.4. The minimum Gasteiger partial charge on any atom is -0.350 e. The fraction of sp³-hybridized carbons (Fsp3) is 0.167. The van der Waals surface area contributed by atoms with Crippen molar-refractivity contribution in [3.63, 3.8) is 0 Å². The second-order valence-corrected chi connectivity index (χ2v) is 9.63. The van der Waals surface area contributed by atoms with Gasteiger partial charge >= 0.3 is 6.03 Å². The van der Waals surface area contributed by atoms with Gasteiger partial charge in [0.1, 0.15) is 6.54 Å². The van der Waals surface area contributed by atoms with Gasteiger partial charge in [-0.2, -0.15) is 0 Å². The first-order chi connectivity index (χ1) is 18.4. The fourth-order valence-corrected chi connectivity index (χ4v) is 5.01. The van der Waals surface area contributed by atoms with E-state index in [4.69, 9.17) is 11.6 Å². The quantitative estimate of drug-likeness (QED) is 0.418. The Bertz CT molecular complexity index is 1420. The maximum absolute atomic E-state index is 13.5. The summed E-state index contributed by atoms with van der Waals surface area (Å²) in [6.45, 7) is 4.36. The number of urea groups is 1. The highest BCUT2D eigenvalue weighted by atomic mass is 35.5. The van der Waals surface area contributed by atoms with Crippen LogP contribution in [0.15, 0.2) is 103 Å². The van der Waals surface area contributed by atoms with E-state index in [0.717, 1.165) is 16.7 Å². The Morgan fingerprint density at radius 1 is 1.03 bits per heavy atom. The number of nitrogens with zero attached hydrogens (tertiary/aromatic N) is 2. The van der Waals surface area contributed by atoms with Crippen LogP contribution in [0.25, 0.3) is 11.1 Å². The van der Waals surface area contributed by atoms with Crippen LogP contribution >= 0.6 is 11.6 Å². The average Bonchev–Trinajstić information content (AvgIpc) is 3.25. The molecular weight excluding hydrogens is 500 g/mol. The molecule has 2 heterocycles. The molecule has 0 bridgehead atoms. The molecule has 0 saturated heterocycles. The van der Waals surface area contributed by atoms with E-state index in [1.165, 1.54) is 9.80 Å². The molecule has 0 aromatic heterocycles. The maximum atomic E-state index is 13.5. The first-order valence-electron chi connectivity index (χ1n) is 12.3. The van der Waals surface area contributed by atoms with Gasteiger partial charge in [0.25, 0.3) is 5.91 Å². The van der Waals surface area contributed by atoms with Gasteiger partial charge in [0.2, 0.25) is 5.91 Å². The first-order valence-corrected chi connectivity index (χ1v) is 12.7. The van der Waals surface area contributed by atoms with Gasteiger partial charge in [-0.25, -0.2) is 4.79 Å². The number of nitrogens with one attached hydrogen (secondary N) is 2. The SMILES string of the molecule is C=CCN1C(=O)NC(c2cccc(Cl)c2)C2=C1CN(CC(=O)NCc1ccc(-c3ccccc3)cc1)C2=O. The lowest BCUT2D eigenvalue weighted by Gasteiger charge is -2.33. The van der Waals surface area contributed by atoms with E-state index in [1.807, 2.05) is 60.7 Å². The van der Waals surface area contributed by atoms with E-state index in [9.17, 15) is 14.4 Å². The summed E-state index contributed by atoms with van der Waals surface area (Å²) < 4.78 is 0. The lowest BCUT2D eigenvalue weighted by atomic mass is 9.95. The number of carbonyl (C=O) groups excluding carboxylic acids is 3. The minimum absolute atomic E-state index is 0.119. The van der Waals surface area contributed by atoms with Crippen LogP contribution in [-0.4, -0.2) is 47.3 Å². The second-order valence-electron chi connectivity index (χ2n) is 9.20. The Hall–Kier alpha value is -4.36. The van der Waals surface area contributed by atoms with Crippen LogP contribution in [0.4, 0.5) is 4.79 Å². The molecule has 2 N–H and O–H groups in total. The third-order valence-electron chi connectivity index (χ3n) is 6.68. The summed E-state index contributed by atoms with van der Waals surface area (Å²) in [4.78, 5) is 42.2. The van der Waals surface area contributed by atoms with Crippen molar-refractivity contribution in [2.24, 2.45) is 0 Å². The first kappa shape index (κ1) is 25.3. The summed E-state index contributed by atoms with van der Waals surface area (Å²) in [5.74, 6) is -0.569. The fourth-order valence-electron chi connectivity index (χ4n) is 4.81. The average molecular weight is 527 g/mol. The summed E-state index contributed by atoms with van der Waals surface area (Å²) >= 11 is 6.18. The Morgan fingerprint density at radius 2 is 1.76 bits per heavy atom. The van der Waals surface area contributed by atoms with E-state index in [0.29, 0.717) is 28.4 Å². The monoisotopic (exact) mass is 526 g/mol. The van der Waals surface area contributed by atoms with Crippen LogP contribution in [0.2, 0.25) is 5.02 Å². The van der Waals surface area contributed by atoms with E-state index in [1.54, 1.807) is 24.3 Å². The third kappa shape index (κ3) is 5.19. The van der Waals surface area contributed by atoms with Crippen molar-refractivity contribution >= 4 is 29.4 Å². The van der Waals surface area contributed by atoms with Crippen LogP contribution in [0.5, 0.6) is 0 Å². The predicted octanol–water partition coefficient (Wildman–Crippen LogP) is 4.67. The van der Waals surface area contributed by atoms with Gasteiger partial charge in [0, 0.05) is 18.1 Å². The van der Waals surface area contributed by atoms with Crippen LogP contribution in [0.1, 0.15) is 17.2 Å². The molecule has 192 valence electrons. The molecule has 38 heavy (non-hydrogen) atoms. The number of amides is 4. The highest BCUT2D eigenvalue weighted by Crippen LogP contribution is 2.36. The van der Waals surface area contributed by atoms with Crippen molar-refractivity contribution in [2.45, 2.75) is 12.6 Å². The van der Waals surface area contributed by atoms with Crippen LogP contribution in [-0.2, 0) is 16.1 Å². The number of hydrogen-bond acceptors (Lipinski definition) is 3. The van der Waals surface area contributed by atoms with E-state index in [2.05, 4.69) is 17.2 Å². The maximum Gasteiger partial charge on any atom is 0.322 e. The smallest absolute Gasteiger partial charge is 0.322 e. The molecule has 0 fully saturated rings. The van der Waals surface area contributed by atoms with Gasteiger partial charge in [0.05, 0.1) is 23.9 Å². The van der Waals surface area contributed by atoms with Crippen LogP contribution in [0, 0.1) is 0 Å². The number of benzene rings is 3. The molecule has 1 atom stereocenters. The number of carbonyl (C=O) groups is 3. The molecule has 2 aliphatic rings. The van der Waals surface area contributed by atoms with Crippen LogP contribution < -0.4 is 10.6 Å². The summed E-state index contributed by atoms with van der Waals surface area (Å²) in [7, 11) is 0. The van der Waals surface area contributed by atoms with Crippen molar-refractivity contribution in [1.82, 2.24) is 20.4 Å². The highest BCUT2D eigenvalue weighted by molar-refractivity contribution is 6.30. The largest absolute Gasteiger partial charge is 0.350 e. The lowest BCUT2D eigenvalue weighted by molar-refractivity contribution is -0.132. The Kier molecular flexibility index (Phi) is 7.29. The Labute approximate surface area is 226 Å². The van der Waals surface area contributed by atoms with Gasteiger partial charge in [-0.15, -0.1) is 6.58 Å². The molecule has 5 rings (SSSR count). The predicted molar refractivity (Wildman–Crippen MR) is 147 cm³/mol. The van der Waals surface area contributed by atoms with E-state index >= 15 is 0 Å². The summed E-state index contributed by atoms with van der Waals surface area (Å²) in [5, 5.41) is 6.31. The van der Waals surface area contributed by atoms with Crippen molar-refractivity contribution in [3.8, 4) is 11.1 Å². The summed E-state index contributed by atoms with van der Waals surface area (Å²) in [6, 6.07) is 24.1. The normalized spacial score (nSPS) is 16.8. The zero-order chi connectivity index (χ0) is 26.6. The van der Waals surface area contributed by atoms with Crippen molar-refractivity contribution in [2.75, 3.05) is 19.6 Å². The molecule has 2 aliphatic heterocycles. The molecular formula is C30H27ClN4O3. The van der Waals surface area contributed by atoms with E-state index < -0.39 is 6.04 Å². The standard InChI is InChI=1S/C30H27ClN4O3/c1-2-15-35-25-18-34(29(37)27(25)28(33-30(35)38)23-9-6-10-24(31)16-23)19-26(36)32-17-20-11-13-22(14-12-20)21-7-4-3-5-8-21/h2-14,16,28H,1,15,17-19H2,(H,32,36)(H,33,38). The van der Waals surface area contributed by atoms with Gasteiger partial charge in [-0.05, 0) is 34.4 Å². The molecule has 7 nitrogen and oxygen atoms in total. The molecule has 0 saturated carbocycles. The van der Waals surface area contributed by atoms with E-state index in [-0.39, 0.29) is 37.5 Å². The Balaban J connectivity index is 1.27. The van der Waals surface area contributed by atoms with Crippen LogP contribution in [0.3, 0.4) is 0 Å². The molecule has 0 spiro atoms. The summed E-state index contributed by atoms with van der Waals surface area (Å²) in [5.41, 5.74) is 4.90. The van der Waals surface area contributed by atoms with Gasteiger partial charge in [0.15, 0.2) is 0 Å². The van der Waals surface area contributed by atoms with Crippen molar-refractivity contribution < 1.29 is 14.4 Å². The van der Waals surface area contributed by atoms with Gasteiger partial charge < -0.3 is 15.5 Å². The zero-order valence-electron chi connectivity index (χ0n) is 20.7. The minimum atomic E-state index is -0.652. The number of hydrogen-bond donors (Lipinski definition) is 2. The third-order valence-corrected chi connectivity index (χ3v) is 6.91. The summed E-state index contributed by atoms with van der Waals surface area (Å²) in [6.07, 6.45) is 1.60. The molecule has 4 amide bonds. The number of rotatable bonds is 8. The molecule has 3 aromatic rings. The topological polar surface area (TPSA) is 81.8 Å².